The van der Waals surface area contributed by atoms with Crippen molar-refractivity contribution in [3.8, 4) is 0 Å². The van der Waals surface area contributed by atoms with Gasteiger partial charge in [-0.1, -0.05) is 12.1 Å². The Kier molecular flexibility index (Phi) is 5.26. The minimum Gasteiger partial charge on any atom is -0.315 e. The molecule has 1 aromatic carbocycles. The van der Waals surface area contributed by atoms with Crippen molar-refractivity contribution >= 4 is 20.0 Å². The molecule has 0 amide bonds. The summed E-state index contributed by atoms with van der Waals surface area (Å²) in [6.45, 7) is 2.31. The number of rotatable bonds is 5. The van der Waals surface area contributed by atoms with Crippen molar-refractivity contribution in [3.05, 3.63) is 24.3 Å². The predicted octanol–water partition coefficient (Wildman–Crippen LogP) is 0.501. The molecule has 1 aromatic rings. The summed E-state index contributed by atoms with van der Waals surface area (Å²) in [4.78, 5) is -0.300. The molecule has 0 aromatic heterocycles. The molecule has 2 fully saturated rings. The Bertz CT molecular complexity index is 781. The molecule has 2 heterocycles. The highest BCUT2D eigenvalue weighted by atomic mass is 32.2. The lowest BCUT2D eigenvalue weighted by Gasteiger charge is -2.24. The Morgan fingerprint density at radius 2 is 1.67 bits per heavy atom. The first-order chi connectivity index (χ1) is 11.4. The highest BCUT2D eigenvalue weighted by Gasteiger charge is 2.33. The largest absolute Gasteiger partial charge is 0.315 e. The maximum atomic E-state index is 12.8. The Hall–Kier alpha value is -1.00. The molecule has 2 N–H and O–H groups in total. The van der Waals surface area contributed by atoms with Gasteiger partial charge in [-0.25, -0.2) is 21.6 Å². The summed E-state index contributed by atoms with van der Waals surface area (Å²) in [5.74, 6) is 0. The van der Waals surface area contributed by atoms with E-state index in [2.05, 4.69) is 10.0 Å². The first-order valence-corrected chi connectivity index (χ1v) is 11.2. The molecule has 0 aliphatic carbocycles. The van der Waals surface area contributed by atoms with Crippen LogP contribution in [0, 0.1) is 0 Å². The average molecular weight is 374 g/mol. The standard InChI is InChI=1S/C15H23N3O4S2/c19-23(20,17-13-6-5-9-16-12-13)14-7-1-2-8-15(14)24(21,22)18-10-3-4-11-18/h1-2,7-8,13,16-17H,3-6,9-12H2. The van der Waals surface area contributed by atoms with Crippen LogP contribution in [-0.4, -0.2) is 53.4 Å². The fourth-order valence-corrected chi connectivity index (χ4v) is 6.78. The number of piperidine rings is 1. The van der Waals surface area contributed by atoms with Gasteiger partial charge in [0.2, 0.25) is 20.0 Å². The second-order valence-electron chi connectivity index (χ2n) is 6.22. The molecule has 1 atom stereocenters. The monoisotopic (exact) mass is 373 g/mol. The van der Waals surface area contributed by atoms with Gasteiger partial charge >= 0.3 is 0 Å². The molecule has 134 valence electrons. The number of sulfonamides is 2. The van der Waals surface area contributed by atoms with Crippen LogP contribution in [0.2, 0.25) is 0 Å². The van der Waals surface area contributed by atoms with Crippen LogP contribution in [0.4, 0.5) is 0 Å². The lowest BCUT2D eigenvalue weighted by atomic mass is 10.1. The number of hydrogen-bond acceptors (Lipinski definition) is 5. The molecule has 0 spiro atoms. The van der Waals surface area contributed by atoms with Crippen molar-refractivity contribution < 1.29 is 16.8 Å². The Morgan fingerprint density at radius 3 is 2.29 bits per heavy atom. The van der Waals surface area contributed by atoms with E-state index in [1.54, 1.807) is 12.1 Å². The van der Waals surface area contributed by atoms with Crippen LogP contribution in [0.3, 0.4) is 0 Å². The van der Waals surface area contributed by atoms with Gasteiger partial charge in [0.1, 0.15) is 9.79 Å². The molecule has 9 heteroatoms. The van der Waals surface area contributed by atoms with E-state index < -0.39 is 20.0 Å². The summed E-state index contributed by atoms with van der Waals surface area (Å²) in [5.41, 5.74) is 0. The van der Waals surface area contributed by atoms with E-state index in [0.717, 1.165) is 32.2 Å². The van der Waals surface area contributed by atoms with E-state index in [1.165, 1.54) is 16.4 Å². The van der Waals surface area contributed by atoms with Crippen molar-refractivity contribution in [1.29, 1.82) is 0 Å². The molecule has 7 nitrogen and oxygen atoms in total. The summed E-state index contributed by atoms with van der Waals surface area (Å²) in [5, 5.41) is 3.15. The molecule has 0 saturated carbocycles. The second-order valence-corrected chi connectivity index (χ2v) is 9.81. The summed E-state index contributed by atoms with van der Waals surface area (Å²) in [6, 6.07) is 5.63. The quantitative estimate of drug-likeness (QED) is 0.784. The van der Waals surface area contributed by atoms with Gasteiger partial charge in [0, 0.05) is 25.7 Å². The van der Waals surface area contributed by atoms with Crippen LogP contribution in [0.25, 0.3) is 0 Å². The first-order valence-electron chi connectivity index (χ1n) is 8.23. The third-order valence-electron chi connectivity index (χ3n) is 4.44. The topological polar surface area (TPSA) is 95.6 Å². The highest BCUT2D eigenvalue weighted by molar-refractivity contribution is 7.92. The highest BCUT2D eigenvalue weighted by Crippen LogP contribution is 2.27. The molecule has 0 radical (unpaired) electrons. The van der Waals surface area contributed by atoms with Crippen LogP contribution in [0.15, 0.2) is 34.1 Å². The fourth-order valence-electron chi connectivity index (χ4n) is 3.19. The maximum absolute atomic E-state index is 12.8. The van der Waals surface area contributed by atoms with Crippen LogP contribution < -0.4 is 10.0 Å². The zero-order valence-electron chi connectivity index (χ0n) is 13.4. The van der Waals surface area contributed by atoms with Gasteiger partial charge in [0.05, 0.1) is 0 Å². The predicted molar refractivity (Wildman–Crippen MR) is 90.6 cm³/mol. The number of hydrogen-bond donors (Lipinski definition) is 2. The fraction of sp³-hybridized carbons (Fsp3) is 0.600. The van der Waals surface area contributed by atoms with Crippen molar-refractivity contribution in [2.75, 3.05) is 26.2 Å². The third kappa shape index (κ3) is 3.65. The van der Waals surface area contributed by atoms with E-state index in [4.69, 9.17) is 0 Å². The van der Waals surface area contributed by atoms with E-state index in [9.17, 15) is 16.8 Å². The van der Waals surface area contributed by atoms with E-state index in [0.29, 0.717) is 19.6 Å². The van der Waals surface area contributed by atoms with Crippen LogP contribution in [0.5, 0.6) is 0 Å². The van der Waals surface area contributed by atoms with E-state index in [1.807, 2.05) is 0 Å². The molecule has 2 aliphatic rings. The van der Waals surface area contributed by atoms with Crippen molar-refractivity contribution in [3.63, 3.8) is 0 Å². The zero-order valence-corrected chi connectivity index (χ0v) is 15.1. The van der Waals surface area contributed by atoms with Crippen LogP contribution >= 0.6 is 0 Å². The first kappa shape index (κ1) is 17.8. The SMILES string of the molecule is O=S(=O)(NC1CCCNC1)c1ccccc1S(=O)(=O)N1CCCC1. The summed E-state index contributed by atoms with van der Waals surface area (Å²) < 4.78 is 55.2. The van der Waals surface area contributed by atoms with Crippen molar-refractivity contribution in [2.45, 2.75) is 41.5 Å². The van der Waals surface area contributed by atoms with E-state index in [-0.39, 0.29) is 15.8 Å². The number of nitrogens with one attached hydrogen (secondary N) is 2. The van der Waals surface area contributed by atoms with Gasteiger partial charge in [-0.3, -0.25) is 0 Å². The molecule has 24 heavy (non-hydrogen) atoms. The smallest absolute Gasteiger partial charge is 0.244 e. The van der Waals surface area contributed by atoms with Gasteiger partial charge in [-0.2, -0.15) is 4.31 Å². The maximum Gasteiger partial charge on any atom is 0.244 e. The van der Waals surface area contributed by atoms with Gasteiger partial charge in [0.15, 0.2) is 0 Å². The minimum atomic E-state index is -3.90. The van der Waals surface area contributed by atoms with Gasteiger partial charge in [-0.05, 0) is 44.4 Å². The molecular formula is C15H23N3O4S2. The number of nitrogens with zero attached hydrogens (tertiary/aromatic N) is 1. The van der Waals surface area contributed by atoms with Crippen molar-refractivity contribution in [1.82, 2.24) is 14.3 Å². The molecule has 0 bridgehead atoms. The molecular weight excluding hydrogens is 350 g/mol. The minimum absolute atomic E-state index is 0.136. The Morgan fingerprint density at radius 1 is 1.00 bits per heavy atom. The lowest BCUT2D eigenvalue weighted by Crippen LogP contribution is -2.45. The summed E-state index contributed by atoms with van der Waals surface area (Å²) >= 11 is 0. The molecule has 2 aliphatic heterocycles. The lowest BCUT2D eigenvalue weighted by molar-refractivity contribution is 0.428. The average Bonchev–Trinajstić information content (AvgIpc) is 3.11. The Balaban J connectivity index is 1.93. The molecule has 1 unspecified atom stereocenters. The molecule has 2 saturated heterocycles. The van der Waals surface area contributed by atoms with Gasteiger partial charge in [0.25, 0.3) is 0 Å². The van der Waals surface area contributed by atoms with Gasteiger partial charge < -0.3 is 5.32 Å². The number of benzene rings is 1. The zero-order chi connectivity index (χ0) is 17.2. The van der Waals surface area contributed by atoms with Crippen LogP contribution in [-0.2, 0) is 20.0 Å². The summed E-state index contributed by atoms with van der Waals surface area (Å²) in [6.07, 6.45) is 3.24. The third-order valence-corrected chi connectivity index (χ3v) is 8.10. The van der Waals surface area contributed by atoms with Crippen molar-refractivity contribution in [2.24, 2.45) is 0 Å². The molecule has 3 rings (SSSR count). The van der Waals surface area contributed by atoms with Crippen LogP contribution in [0.1, 0.15) is 25.7 Å². The van der Waals surface area contributed by atoms with Gasteiger partial charge in [-0.15, -0.1) is 0 Å². The Labute approximate surface area is 143 Å². The second kappa shape index (κ2) is 7.09. The summed E-state index contributed by atoms with van der Waals surface area (Å²) in [7, 11) is -7.69. The normalized spacial score (nSPS) is 23.4. The van der Waals surface area contributed by atoms with E-state index >= 15 is 0 Å².